The largest absolute Gasteiger partial charge is 1.00 e. The summed E-state index contributed by atoms with van der Waals surface area (Å²) in [6.07, 6.45) is 15.0. The van der Waals surface area contributed by atoms with E-state index in [-0.39, 0.29) is 47.8 Å². The van der Waals surface area contributed by atoms with Gasteiger partial charge in [-0.2, -0.15) is 8.42 Å². The molecule has 0 radical (unpaired) electrons. The summed E-state index contributed by atoms with van der Waals surface area (Å²) in [5.74, 6) is -1.83. The number of unbranched alkanes of at least 4 members (excludes halogenated alkanes) is 7. The van der Waals surface area contributed by atoms with Gasteiger partial charge < -0.3 is 14.9 Å². The summed E-state index contributed by atoms with van der Waals surface area (Å²) in [5.41, 5.74) is 0. The molecular formula is C24H42NaO8S+. The summed E-state index contributed by atoms with van der Waals surface area (Å²) in [6, 6.07) is 0. The topological polar surface area (TPSA) is 138 Å². The van der Waals surface area contributed by atoms with E-state index in [4.69, 9.17) is 9.29 Å². The fourth-order valence-electron chi connectivity index (χ4n) is 4.37. The summed E-state index contributed by atoms with van der Waals surface area (Å²) in [7, 11) is -4.30. The van der Waals surface area contributed by atoms with Gasteiger partial charge in [0.1, 0.15) is 18.5 Å². The van der Waals surface area contributed by atoms with Crippen molar-refractivity contribution in [3.8, 4) is 0 Å². The van der Waals surface area contributed by atoms with Crippen LogP contribution in [0.5, 0.6) is 0 Å². The number of carbonyl (C=O) groups is 2. The van der Waals surface area contributed by atoms with Gasteiger partial charge in [0.05, 0.1) is 5.92 Å². The van der Waals surface area contributed by atoms with Crippen molar-refractivity contribution in [1.82, 2.24) is 0 Å². The molecule has 0 aromatic carbocycles. The van der Waals surface area contributed by atoms with Crippen LogP contribution >= 0.6 is 0 Å². The standard InChI is InChI=1S/C24H42O8S.Na/c1-2-3-4-9-12-20-15-14-19(16-22(20)24(27)28)11-8-6-5-7-10-13-23(26)32-17-21(25)18-33(29,30)31;/h14-15,19-22,25H,2-13,16-18H2,1H3,(H,27,28)(H,29,30,31);/q;+1. The fraction of sp³-hybridized carbons (Fsp3) is 0.833. The zero-order valence-corrected chi connectivity index (χ0v) is 23.7. The second kappa shape index (κ2) is 18.8. The van der Waals surface area contributed by atoms with Gasteiger partial charge in [-0.05, 0) is 37.5 Å². The van der Waals surface area contributed by atoms with Crippen molar-refractivity contribution in [2.75, 3.05) is 12.4 Å². The normalized spacial score (nSPS) is 21.0. The minimum atomic E-state index is -4.30. The van der Waals surface area contributed by atoms with Gasteiger partial charge >= 0.3 is 41.5 Å². The molecule has 192 valence electrons. The number of hydrogen-bond acceptors (Lipinski definition) is 6. The number of aliphatic carboxylic acids is 1. The van der Waals surface area contributed by atoms with Crippen molar-refractivity contribution in [3.63, 3.8) is 0 Å². The van der Waals surface area contributed by atoms with E-state index in [1.54, 1.807) is 0 Å². The summed E-state index contributed by atoms with van der Waals surface area (Å²) in [6.45, 7) is 1.72. The van der Waals surface area contributed by atoms with Gasteiger partial charge in [0.2, 0.25) is 0 Å². The van der Waals surface area contributed by atoms with Gasteiger partial charge in [-0.3, -0.25) is 14.1 Å². The van der Waals surface area contributed by atoms with E-state index >= 15 is 0 Å². The molecule has 8 nitrogen and oxygen atoms in total. The number of carboxylic acid groups (broad SMARTS) is 1. The SMILES string of the molecule is CCCCCCC1C=CC(CCCCCCCC(=O)OCC(O)CS(=O)(=O)O)CC1C(=O)O.[Na+]. The molecule has 1 aliphatic rings. The number of rotatable bonds is 18. The van der Waals surface area contributed by atoms with Crippen molar-refractivity contribution in [2.24, 2.45) is 17.8 Å². The van der Waals surface area contributed by atoms with Crippen molar-refractivity contribution in [2.45, 2.75) is 96.5 Å². The van der Waals surface area contributed by atoms with Crippen LogP contribution in [0.25, 0.3) is 0 Å². The van der Waals surface area contributed by atoms with Crippen molar-refractivity contribution < 1.29 is 67.1 Å². The quantitative estimate of drug-likeness (QED) is 0.0822. The van der Waals surface area contributed by atoms with Gasteiger partial charge in [0.25, 0.3) is 10.1 Å². The maximum atomic E-state index is 11.7. The maximum absolute atomic E-state index is 11.7. The molecule has 0 saturated carbocycles. The molecule has 3 N–H and O–H groups in total. The molecule has 0 spiro atoms. The molecule has 34 heavy (non-hydrogen) atoms. The summed E-state index contributed by atoms with van der Waals surface area (Å²) >= 11 is 0. The number of esters is 1. The Labute approximate surface area is 227 Å². The Morgan fingerprint density at radius 1 is 1.00 bits per heavy atom. The zero-order valence-electron chi connectivity index (χ0n) is 20.9. The average Bonchev–Trinajstić information content (AvgIpc) is 2.73. The zero-order chi connectivity index (χ0) is 24.7. The first-order valence-electron chi connectivity index (χ1n) is 12.3. The van der Waals surface area contributed by atoms with E-state index in [0.29, 0.717) is 12.3 Å². The first-order chi connectivity index (χ1) is 15.6. The molecule has 0 bridgehead atoms. The maximum Gasteiger partial charge on any atom is 1.00 e. The number of aliphatic hydroxyl groups is 1. The molecule has 1 rings (SSSR count). The molecule has 10 heteroatoms. The van der Waals surface area contributed by atoms with Crippen LogP contribution in [-0.4, -0.2) is 53.6 Å². The molecule has 0 heterocycles. The van der Waals surface area contributed by atoms with Crippen LogP contribution in [0.4, 0.5) is 0 Å². The van der Waals surface area contributed by atoms with Crippen molar-refractivity contribution in [1.29, 1.82) is 0 Å². The molecule has 0 saturated heterocycles. The fourth-order valence-corrected chi connectivity index (χ4v) is 4.96. The van der Waals surface area contributed by atoms with E-state index in [2.05, 4.69) is 19.1 Å². The number of hydrogen-bond donors (Lipinski definition) is 3. The van der Waals surface area contributed by atoms with Crippen LogP contribution in [0.3, 0.4) is 0 Å². The Morgan fingerprint density at radius 3 is 2.26 bits per heavy atom. The number of carboxylic acids is 1. The van der Waals surface area contributed by atoms with Gasteiger partial charge in [-0.1, -0.05) is 70.4 Å². The Kier molecular flexibility index (Phi) is 18.5. The molecule has 0 amide bonds. The van der Waals surface area contributed by atoms with E-state index < -0.39 is 40.5 Å². The Balaban J connectivity index is 0.0000109. The predicted molar refractivity (Wildman–Crippen MR) is 126 cm³/mol. The first-order valence-corrected chi connectivity index (χ1v) is 13.9. The van der Waals surface area contributed by atoms with Crippen molar-refractivity contribution in [3.05, 3.63) is 12.2 Å². The van der Waals surface area contributed by atoms with E-state index in [0.717, 1.165) is 51.4 Å². The smallest absolute Gasteiger partial charge is 0.481 e. The molecular weight excluding hydrogens is 471 g/mol. The van der Waals surface area contributed by atoms with E-state index in [1.807, 2.05) is 0 Å². The molecule has 4 atom stereocenters. The molecule has 4 unspecified atom stereocenters. The van der Waals surface area contributed by atoms with Gasteiger partial charge in [0, 0.05) is 6.42 Å². The first kappa shape index (κ1) is 33.5. The van der Waals surface area contributed by atoms with Crippen LogP contribution in [0, 0.1) is 17.8 Å². The summed E-state index contributed by atoms with van der Waals surface area (Å²) < 4.78 is 34.7. The molecule has 0 fully saturated rings. The van der Waals surface area contributed by atoms with Crippen LogP contribution in [0.2, 0.25) is 0 Å². The van der Waals surface area contributed by atoms with E-state index in [1.165, 1.54) is 19.3 Å². The number of aliphatic hydroxyl groups excluding tert-OH is 1. The number of carbonyl (C=O) groups excluding carboxylic acids is 1. The second-order valence-electron chi connectivity index (χ2n) is 9.23. The van der Waals surface area contributed by atoms with Gasteiger partial charge in [0.15, 0.2) is 0 Å². The molecule has 1 aliphatic carbocycles. The predicted octanol–water partition coefficient (Wildman–Crippen LogP) is 1.38. The monoisotopic (exact) mass is 513 g/mol. The minimum absolute atomic E-state index is 0. The average molecular weight is 514 g/mol. The molecule has 0 aromatic heterocycles. The van der Waals surface area contributed by atoms with Crippen LogP contribution in [0.1, 0.15) is 90.4 Å². The third kappa shape index (κ3) is 16.3. The van der Waals surface area contributed by atoms with Gasteiger partial charge in [-0.15, -0.1) is 0 Å². The number of allylic oxidation sites excluding steroid dienone is 2. The third-order valence-electron chi connectivity index (χ3n) is 6.21. The minimum Gasteiger partial charge on any atom is -0.481 e. The second-order valence-corrected chi connectivity index (χ2v) is 10.7. The Morgan fingerprint density at radius 2 is 1.62 bits per heavy atom. The van der Waals surface area contributed by atoms with Crippen LogP contribution in [0.15, 0.2) is 12.2 Å². The third-order valence-corrected chi connectivity index (χ3v) is 7.01. The molecule has 0 aromatic rings. The Bertz CT molecular complexity index is 710. The molecule has 0 aliphatic heterocycles. The Hall–Kier alpha value is -0.450. The van der Waals surface area contributed by atoms with Crippen LogP contribution in [-0.2, 0) is 24.4 Å². The van der Waals surface area contributed by atoms with Crippen molar-refractivity contribution >= 4 is 22.1 Å². The summed E-state index contributed by atoms with van der Waals surface area (Å²) in [4.78, 5) is 23.3. The van der Waals surface area contributed by atoms with Gasteiger partial charge in [-0.25, -0.2) is 0 Å². The number of ether oxygens (including phenoxy) is 1. The van der Waals surface area contributed by atoms with Crippen LogP contribution < -0.4 is 29.6 Å². The summed E-state index contributed by atoms with van der Waals surface area (Å²) in [5, 5.41) is 19.0. The van der Waals surface area contributed by atoms with E-state index in [9.17, 15) is 28.2 Å².